The predicted octanol–water partition coefficient (Wildman–Crippen LogP) is 3.93. The molecule has 1 N–H and O–H groups in total. The maximum Gasteiger partial charge on any atom is 0.280 e. The fourth-order valence-corrected chi connectivity index (χ4v) is 2.46. The van der Waals surface area contributed by atoms with Gasteiger partial charge in [-0.3, -0.25) is 4.79 Å². The predicted molar refractivity (Wildman–Crippen MR) is 102 cm³/mol. The van der Waals surface area contributed by atoms with Gasteiger partial charge in [0.2, 0.25) is 0 Å². The first-order valence-electron chi connectivity index (χ1n) is 7.61. The molecule has 0 aromatic heterocycles. The Hall–Kier alpha value is -2.44. The summed E-state index contributed by atoms with van der Waals surface area (Å²) in [5, 5.41) is 4.73. The standard InChI is InChI=1S/C18H18Cl2N2O4/c1-11(26-17-6-4-13(19)9-15(17)20)18(23)22-21-10-12-8-14(24-2)5-7-16(12)25-3/h4-11H,1-3H3,(H,22,23)/b21-10+. The number of carbonyl (C=O) groups is 1. The summed E-state index contributed by atoms with van der Waals surface area (Å²) in [7, 11) is 3.11. The molecular weight excluding hydrogens is 379 g/mol. The van der Waals surface area contributed by atoms with Gasteiger partial charge < -0.3 is 14.2 Å². The molecule has 0 spiro atoms. The van der Waals surface area contributed by atoms with Gasteiger partial charge in [-0.25, -0.2) is 5.43 Å². The number of rotatable bonds is 7. The molecular formula is C18H18Cl2N2O4. The maximum atomic E-state index is 12.1. The van der Waals surface area contributed by atoms with E-state index in [2.05, 4.69) is 10.5 Å². The van der Waals surface area contributed by atoms with Gasteiger partial charge in [0.05, 0.1) is 25.5 Å². The summed E-state index contributed by atoms with van der Waals surface area (Å²) in [5.74, 6) is 1.17. The summed E-state index contributed by atoms with van der Waals surface area (Å²) in [6, 6.07) is 10.0. The van der Waals surface area contributed by atoms with Gasteiger partial charge in [-0.15, -0.1) is 0 Å². The summed E-state index contributed by atoms with van der Waals surface area (Å²) < 4.78 is 15.9. The van der Waals surface area contributed by atoms with Crippen molar-refractivity contribution in [3.8, 4) is 17.2 Å². The van der Waals surface area contributed by atoms with Gasteiger partial charge in [-0.05, 0) is 43.3 Å². The molecule has 0 saturated carbocycles. The number of hydrazone groups is 1. The van der Waals surface area contributed by atoms with Crippen LogP contribution in [0, 0.1) is 0 Å². The highest BCUT2D eigenvalue weighted by molar-refractivity contribution is 6.35. The zero-order valence-corrected chi connectivity index (χ0v) is 16.0. The zero-order valence-electron chi connectivity index (χ0n) is 14.5. The van der Waals surface area contributed by atoms with Gasteiger partial charge in [0.1, 0.15) is 17.2 Å². The minimum absolute atomic E-state index is 0.321. The maximum absolute atomic E-state index is 12.1. The highest BCUT2D eigenvalue weighted by atomic mass is 35.5. The monoisotopic (exact) mass is 396 g/mol. The average molecular weight is 397 g/mol. The van der Waals surface area contributed by atoms with Gasteiger partial charge in [-0.1, -0.05) is 23.2 Å². The molecule has 0 radical (unpaired) electrons. The molecule has 138 valence electrons. The second kappa shape index (κ2) is 9.31. The van der Waals surface area contributed by atoms with Crippen molar-refractivity contribution >= 4 is 35.3 Å². The lowest BCUT2D eigenvalue weighted by molar-refractivity contribution is -0.127. The van der Waals surface area contributed by atoms with E-state index >= 15 is 0 Å². The number of hydrogen-bond acceptors (Lipinski definition) is 5. The Balaban J connectivity index is 2.00. The topological polar surface area (TPSA) is 69.2 Å². The van der Waals surface area contributed by atoms with Crippen molar-refractivity contribution in [1.29, 1.82) is 0 Å². The van der Waals surface area contributed by atoms with Crippen LogP contribution in [0.3, 0.4) is 0 Å². The largest absolute Gasteiger partial charge is 0.497 e. The highest BCUT2D eigenvalue weighted by Crippen LogP contribution is 2.28. The molecule has 8 heteroatoms. The minimum atomic E-state index is -0.807. The van der Waals surface area contributed by atoms with Crippen LogP contribution in [0.1, 0.15) is 12.5 Å². The van der Waals surface area contributed by atoms with E-state index in [0.29, 0.717) is 32.9 Å². The molecule has 0 aliphatic rings. The first-order valence-corrected chi connectivity index (χ1v) is 8.37. The molecule has 2 rings (SSSR count). The summed E-state index contributed by atoms with van der Waals surface area (Å²) in [6.45, 7) is 1.59. The number of hydrogen-bond donors (Lipinski definition) is 1. The van der Waals surface area contributed by atoms with Crippen LogP contribution in [-0.2, 0) is 4.79 Å². The molecule has 2 aromatic rings. The third-order valence-corrected chi connectivity index (χ3v) is 3.91. The smallest absolute Gasteiger partial charge is 0.280 e. The highest BCUT2D eigenvalue weighted by Gasteiger charge is 2.15. The second-order valence-corrected chi connectivity index (χ2v) is 6.02. The molecule has 6 nitrogen and oxygen atoms in total. The van der Waals surface area contributed by atoms with Crippen LogP contribution in [0.5, 0.6) is 17.2 Å². The Morgan fingerprint density at radius 2 is 1.85 bits per heavy atom. The fraction of sp³-hybridized carbons (Fsp3) is 0.222. The van der Waals surface area contributed by atoms with E-state index in [-0.39, 0.29) is 0 Å². The molecule has 0 aliphatic carbocycles. The summed E-state index contributed by atoms with van der Waals surface area (Å²) >= 11 is 11.9. The molecule has 0 bridgehead atoms. The van der Waals surface area contributed by atoms with Gasteiger partial charge in [0, 0.05) is 10.6 Å². The van der Waals surface area contributed by atoms with E-state index in [1.807, 2.05) is 0 Å². The van der Waals surface area contributed by atoms with E-state index in [1.54, 1.807) is 51.5 Å². The van der Waals surface area contributed by atoms with Crippen molar-refractivity contribution in [2.24, 2.45) is 5.10 Å². The molecule has 1 unspecified atom stereocenters. The molecule has 1 amide bonds. The number of benzene rings is 2. The lowest BCUT2D eigenvalue weighted by Crippen LogP contribution is -2.33. The van der Waals surface area contributed by atoms with Gasteiger partial charge >= 0.3 is 0 Å². The molecule has 0 fully saturated rings. The molecule has 2 aromatic carbocycles. The van der Waals surface area contributed by atoms with E-state index in [9.17, 15) is 4.79 Å². The lowest BCUT2D eigenvalue weighted by atomic mass is 10.2. The Bertz CT molecular complexity index is 812. The van der Waals surface area contributed by atoms with Crippen molar-refractivity contribution in [2.45, 2.75) is 13.0 Å². The van der Waals surface area contributed by atoms with Crippen LogP contribution in [0.15, 0.2) is 41.5 Å². The van der Waals surface area contributed by atoms with Crippen LogP contribution in [-0.4, -0.2) is 32.4 Å². The lowest BCUT2D eigenvalue weighted by Gasteiger charge is -2.14. The normalized spacial score (nSPS) is 11.9. The number of carbonyl (C=O) groups excluding carboxylic acids is 1. The van der Waals surface area contributed by atoms with Crippen LogP contribution in [0.25, 0.3) is 0 Å². The molecule has 1 atom stereocenters. The quantitative estimate of drug-likeness (QED) is 0.568. The zero-order chi connectivity index (χ0) is 19.1. The van der Waals surface area contributed by atoms with Crippen molar-refractivity contribution in [3.05, 3.63) is 52.0 Å². The second-order valence-electron chi connectivity index (χ2n) is 5.18. The van der Waals surface area contributed by atoms with Crippen molar-refractivity contribution in [2.75, 3.05) is 14.2 Å². The van der Waals surface area contributed by atoms with E-state index in [4.69, 9.17) is 37.4 Å². The average Bonchev–Trinajstić information content (AvgIpc) is 2.63. The van der Waals surface area contributed by atoms with Gasteiger partial charge in [0.25, 0.3) is 5.91 Å². The third kappa shape index (κ3) is 5.28. The van der Waals surface area contributed by atoms with Crippen molar-refractivity contribution < 1.29 is 19.0 Å². The van der Waals surface area contributed by atoms with E-state index in [1.165, 1.54) is 12.3 Å². The van der Waals surface area contributed by atoms with Crippen LogP contribution < -0.4 is 19.6 Å². The number of ether oxygens (including phenoxy) is 3. The summed E-state index contributed by atoms with van der Waals surface area (Å²) in [6.07, 6.45) is 0.652. The third-order valence-electron chi connectivity index (χ3n) is 3.38. The van der Waals surface area contributed by atoms with Crippen molar-refractivity contribution in [1.82, 2.24) is 5.43 Å². The minimum Gasteiger partial charge on any atom is -0.497 e. The Morgan fingerprint density at radius 1 is 1.12 bits per heavy atom. The first-order chi connectivity index (χ1) is 12.4. The Kier molecular flexibility index (Phi) is 7.12. The first kappa shape index (κ1) is 19.9. The van der Waals surface area contributed by atoms with Gasteiger partial charge in [0.15, 0.2) is 6.10 Å². The fourth-order valence-electron chi connectivity index (χ4n) is 2.01. The SMILES string of the molecule is COc1ccc(OC)c(/C=N/NC(=O)C(C)Oc2ccc(Cl)cc2Cl)c1. The number of halogens is 2. The van der Waals surface area contributed by atoms with Crippen LogP contribution >= 0.6 is 23.2 Å². The van der Waals surface area contributed by atoms with Crippen LogP contribution in [0.4, 0.5) is 0 Å². The Labute approximate surface area is 161 Å². The summed E-state index contributed by atoms with van der Waals surface area (Å²) in [4.78, 5) is 12.1. The van der Waals surface area contributed by atoms with Crippen molar-refractivity contribution in [3.63, 3.8) is 0 Å². The van der Waals surface area contributed by atoms with Crippen LogP contribution in [0.2, 0.25) is 10.0 Å². The molecule has 0 saturated heterocycles. The van der Waals surface area contributed by atoms with Gasteiger partial charge in [-0.2, -0.15) is 5.10 Å². The number of amides is 1. The van der Waals surface area contributed by atoms with E-state index < -0.39 is 12.0 Å². The number of methoxy groups -OCH3 is 2. The molecule has 0 heterocycles. The number of nitrogens with zero attached hydrogens (tertiary/aromatic N) is 1. The Morgan fingerprint density at radius 3 is 2.50 bits per heavy atom. The molecule has 0 aliphatic heterocycles. The molecule has 26 heavy (non-hydrogen) atoms. The summed E-state index contributed by atoms with van der Waals surface area (Å²) in [5.41, 5.74) is 3.06. The number of nitrogens with one attached hydrogen (secondary N) is 1. The van der Waals surface area contributed by atoms with E-state index in [0.717, 1.165) is 0 Å².